The first kappa shape index (κ1) is 22.2. The standard InChI is InChI=1S/C22H31N3O4/c1-6-29-19-12-10-17(15-21(19)28-5)25-22(23-2)24-13-7-8-16-9-11-18(26-3)20(14-16)27-4/h9-12,14-15H,6-8,13H2,1-5H3,(H2,23,24,25). The number of hydrogen-bond acceptors (Lipinski definition) is 5. The largest absolute Gasteiger partial charge is 0.493 e. The quantitative estimate of drug-likeness (QED) is 0.359. The van der Waals surface area contributed by atoms with E-state index in [0.717, 1.165) is 42.3 Å². The monoisotopic (exact) mass is 401 g/mol. The van der Waals surface area contributed by atoms with Crippen molar-refractivity contribution in [3.8, 4) is 23.0 Å². The zero-order chi connectivity index (χ0) is 21.1. The summed E-state index contributed by atoms with van der Waals surface area (Å²) in [5.41, 5.74) is 2.07. The minimum atomic E-state index is 0.590. The van der Waals surface area contributed by atoms with Gasteiger partial charge >= 0.3 is 0 Å². The summed E-state index contributed by atoms with van der Waals surface area (Å²) in [6.07, 6.45) is 1.87. The number of guanidine groups is 1. The van der Waals surface area contributed by atoms with Gasteiger partial charge in [0.25, 0.3) is 0 Å². The van der Waals surface area contributed by atoms with E-state index in [1.807, 2.05) is 37.3 Å². The lowest BCUT2D eigenvalue weighted by Gasteiger charge is -2.15. The first-order valence-electron chi connectivity index (χ1n) is 9.64. The van der Waals surface area contributed by atoms with Crippen LogP contribution in [0, 0.1) is 0 Å². The molecule has 0 aliphatic heterocycles. The molecule has 0 saturated carbocycles. The summed E-state index contributed by atoms with van der Waals surface area (Å²) in [5.74, 6) is 3.59. The number of nitrogens with one attached hydrogen (secondary N) is 2. The minimum absolute atomic E-state index is 0.590. The van der Waals surface area contributed by atoms with E-state index in [1.165, 1.54) is 5.56 Å². The maximum atomic E-state index is 5.55. The molecule has 29 heavy (non-hydrogen) atoms. The highest BCUT2D eigenvalue weighted by Gasteiger charge is 2.07. The lowest BCUT2D eigenvalue weighted by Crippen LogP contribution is -2.31. The van der Waals surface area contributed by atoms with Crippen molar-refractivity contribution in [2.24, 2.45) is 4.99 Å². The van der Waals surface area contributed by atoms with E-state index >= 15 is 0 Å². The fourth-order valence-electron chi connectivity index (χ4n) is 2.87. The molecule has 0 radical (unpaired) electrons. The Morgan fingerprint density at radius 2 is 1.59 bits per heavy atom. The Morgan fingerprint density at radius 3 is 2.24 bits per heavy atom. The predicted octanol–water partition coefficient (Wildman–Crippen LogP) is 3.73. The van der Waals surface area contributed by atoms with E-state index in [9.17, 15) is 0 Å². The SMILES string of the molecule is CCOc1ccc(NC(=NC)NCCCc2ccc(OC)c(OC)c2)cc1OC. The van der Waals surface area contributed by atoms with E-state index in [-0.39, 0.29) is 0 Å². The Kier molecular flexibility index (Phi) is 8.95. The van der Waals surface area contributed by atoms with Crippen LogP contribution in [0.1, 0.15) is 18.9 Å². The maximum absolute atomic E-state index is 5.55. The molecule has 0 spiro atoms. The Hall–Kier alpha value is -3.09. The van der Waals surface area contributed by atoms with Gasteiger partial charge in [0.15, 0.2) is 29.0 Å². The van der Waals surface area contributed by atoms with Crippen LogP contribution >= 0.6 is 0 Å². The number of benzene rings is 2. The molecule has 2 aromatic carbocycles. The van der Waals surface area contributed by atoms with Gasteiger partial charge in [0, 0.05) is 25.3 Å². The molecule has 0 bridgehead atoms. The molecule has 0 saturated heterocycles. The lowest BCUT2D eigenvalue weighted by atomic mass is 10.1. The van der Waals surface area contributed by atoms with Crippen LogP contribution in [0.25, 0.3) is 0 Å². The van der Waals surface area contributed by atoms with Crippen LogP contribution in [0.2, 0.25) is 0 Å². The Labute approximate surface area is 173 Å². The van der Waals surface area contributed by atoms with Crippen LogP contribution in [0.4, 0.5) is 5.69 Å². The van der Waals surface area contributed by atoms with Crippen molar-refractivity contribution >= 4 is 11.6 Å². The van der Waals surface area contributed by atoms with Crippen molar-refractivity contribution in [2.75, 3.05) is 46.8 Å². The van der Waals surface area contributed by atoms with Crippen LogP contribution in [-0.2, 0) is 6.42 Å². The van der Waals surface area contributed by atoms with Gasteiger partial charge < -0.3 is 29.6 Å². The van der Waals surface area contributed by atoms with Crippen molar-refractivity contribution in [1.29, 1.82) is 0 Å². The van der Waals surface area contributed by atoms with Gasteiger partial charge in [-0.25, -0.2) is 0 Å². The lowest BCUT2D eigenvalue weighted by molar-refractivity contribution is 0.311. The van der Waals surface area contributed by atoms with Crippen LogP contribution in [-0.4, -0.2) is 47.5 Å². The molecule has 2 rings (SSSR count). The van der Waals surface area contributed by atoms with Crippen molar-refractivity contribution < 1.29 is 18.9 Å². The fourth-order valence-corrected chi connectivity index (χ4v) is 2.87. The Balaban J connectivity index is 1.87. The molecule has 0 fully saturated rings. The van der Waals surface area contributed by atoms with E-state index in [2.05, 4.69) is 21.7 Å². The van der Waals surface area contributed by atoms with E-state index < -0.39 is 0 Å². The molecule has 0 amide bonds. The van der Waals surface area contributed by atoms with Crippen molar-refractivity contribution in [1.82, 2.24) is 5.32 Å². The molecule has 158 valence electrons. The van der Waals surface area contributed by atoms with Gasteiger partial charge in [-0.3, -0.25) is 4.99 Å². The third-order valence-electron chi connectivity index (χ3n) is 4.33. The fraction of sp³-hybridized carbons (Fsp3) is 0.409. The second kappa shape index (κ2) is 11.7. The number of rotatable bonds is 10. The number of ether oxygens (including phenoxy) is 4. The number of hydrogen-bond donors (Lipinski definition) is 2. The molecule has 0 unspecified atom stereocenters. The zero-order valence-electron chi connectivity index (χ0n) is 17.9. The van der Waals surface area contributed by atoms with Gasteiger partial charge in [-0.1, -0.05) is 6.07 Å². The minimum Gasteiger partial charge on any atom is -0.493 e. The van der Waals surface area contributed by atoms with Crippen LogP contribution in [0.5, 0.6) is 23.0 Å². The number of anilines is 1. The van der Waals surface area contributed by atoms with Gasteiger partial charge in [0.1, 0.15) is 0 Å². The second-order valence-electron chi connectivity index (χ2n) is 6.22. The zero-order valence-corrected chi connectivity index (χ0v) is 17.9. The van der Waals surface area contributed by atoms with E-state index in [1.54, 1.807) is 28.4 Å². The molecule has 0 aliphatic rings. The molecule has 7 heteroatoms. The summed E-state index contributed by atoms with van der Waals surface area (Å²) in [6.45, 7) is 3.31. The van der Waals surface area contributed by atoms with Crippen LogP contribution in [0.3, 0.4) is 0 Å². The highest BCUT2D eigenvalue weighted by molar-refractivity contribution is 5.93. The highest BCUT2D eigenvalue weighted by atomic mass is 16.5. The molecule has 0 heterocycles. The normalized spacial score (nSPS) is 11.0. The van der Waals surface area contributed by atoms with Gasteiger partial charge in [0.05, 0.1) is 27.9 Å². The van der Waals surface area contributed by atoms with Crippen LogP contribution in [0.15, 0.2) is 41.4 Å². The smallest absolute Gasteiger partial charge is 0.195 e. The number of aryl methyl sites for hydroxylation is 1. The number of nitrogens with zero attached hydrogens (tertiary/aromatic N) is 1. The summed E-state index contributed by atoms with van der Waals surface area (Å²) in [5, 5.41) is 6.60. The third kappa shape index (κ3) is 6.48. The van der Waals surface area contributed by atoms with Crippen molar-refractivity contribution in [2.45, 2.75) is 19.8 Å². The summed E-state index contributed by atoms with van der Waals surface area (Å²) in [7, 11) is 6.66. The van der Waals surface area contributed by atoms with Crippen LogP contribution < -0.4 is 29.6 Å². The molecular weight excluding hydrogens is 370 g/mol. The van der Waals surface area contributed by atoms with Gasteiger partial charge in [-0.15, -0.1) is 0 Å². The Morgan fingerprint density at radius 1 is 0.897 bits per heavy atom. The first-order valence-corrected chi connectivity index (χ1v) is 9.64. The summed E-state index contributed by atoms with van der Waals surface area (Å²) in [4.78, 5) is 4.28. The Bertz CT molecular complexity index is 809. The van der Waals surface area contributed by atoms with Gasteiger partial charge in [-0.05, 0) is 49.6 Å². The summed E-state index contributed by atoms with van der Waals surface area (Å²) >= 11 is 0. The third-order valence-corrected chi connectivity index (χ3v) is 4.33. The number of methoxy groups -OCH3 is 3. The topological polar surface area (TPSA) is 73.3 Å². The molecule has 0 aliphatic carbocycles. The van der Waals surface area contributed by atoms with Gasteiger partial charge in [0.2, 0.25) is 0 Å². The molecule has 0 aromatic heterocycles. The highest BCUT2D eigenvalue weighted by Crippen LogP contribution is 2.30. The average molecular weight is 402 g/mol. The second-order valence-corrected chi connectivity index (χ2v) is 6.22. The van der Waals surface area contributed by atoms with Crippen molar-refractivity contribution in [3.05, 3.63) is 42.0 Å². The summed E-state index contributed by atoms with van der Waals surface area (Å²) < 4.78 is 21.6. The van der Waals surface area contributed by atoms with E-state index in [0.29, 0.717) is 18.3 Å². The van der Waals surface area contributed by atoms with Crippen molar-refractivity contribution in [3.63, 3.8) is 0 Å². The van der Waals surface area contributed by atoms with E-state index in [4.69, 9.17) is 18.9 Å². The average Bonchev–Trinajstić information content (AvgIpc) is 2.76. The maximum Gasteiger partial charge on any atom is 0.195 e. The predicted molar refractivity (Wildman–Crippen MR) is 117 cm³/mol. The molecule has 0 atom stereocenters. The summed E-state index contributed by atoms with van der Waals surface area (Å²) in [6, 6.07) is 11.7. The molecular formula is C22H31N3O4. The first-order chi connectivity index (χ1) is 14.1. The van der Waals surface area contributed by atoms with Gasteiger partial charge in [-0.2, -0.15) is 0 Å². The molecule has 2 aromatic rings. The molecule has 2 N–H and O–H groups in total. The molecule has 7 nitrogen and oxygen atoms in total. The number of aliphatic imine (C=N–C) groups is 1.